The van der Waals surface area contributed by atoms with Crippen LogP contribution >= 0.6 is 0 Å². The van der Waals surface area contributed by atoms with Gasteiger partial charge in [0.1, 0.15) is 6.10 Å². The fraction of sp³-hybridized carbons (Fsp3) is 0.667. The molecule has 3 rings (SSSR count). The van der Waals surface area contributed by atoms with Gasteiger partial charge in [0.25, 0.3) is 0 Å². The maximum atomic E-state index is 6.17. The van der Waals surface area contributed by atoms with Gasteiger partial charge in [0.15, 0.2) is 12.6 Å². The standard InChI is InChI=1S/C18H26O4/c1-2-8-15(9-3-1)16(22-18-11-5-7-13-20-18)14-21-17-10-4-6-12-19-17/h1-3,8-9,16-18H,4-7,10-14H2. The van der Waals surface area contributed by atoms with Crippen molar-refractivity contribution in [2.24, 2.45) is 0 Å². The highest BCUT2D eigenvalue weighted by Crippen LogP contribution is 2.25. The molecule has 122 valence electrons. The molecule has 3 atom stereocenters. The lowest BCUT2D eigenvalue weighted by atomic mass is 10.1. The average Bonchev–Trinajstić information content (AvgIpc) is 2.61. The maximum absolute atomic E-state index is 6.17. The Labute approximate surface area is 132 Å². The van der Waals surface area contributed by atoms with E-state index in [2.05, 4.69) is 12.1 Å². The summed E-state index contributed by atoms with van der Waals surface area (Å²) in [6, 6.07) is 10.2. The lowest BCUT2D eigenvalue weighted by Crippen LogP contribution is -2.29. The van der Waals surface area contributed by atoms with Gasteiger partial charge in [0, 0.05) is 13.2 Å². The monoisotopic (exact) mass is 306 g/mol. The zero-order chi connectivity index (χ0) is 15.0. The fourth-order valence-corrected chi connectivity index (χ4v) is 2.92. The van der Waals surface area contributed by atoms with Gasteiger partial charge in [0.05, 0.1) is 6.61 Å². The average molecular weight is 306 g/mol. The smallest absolute Gasteiger partial charge is 0.158 e. The fourth-order valence-electron chi connectivity index (χ4n) is 2.92. The van der Waals surface area contributed by atoms with Gasteiger partial charge in [-0.05, 0) is 44.1 Å². The molecule has 2 aliphatic heterocycles. The summed E-state index contributed by atoms with van der Waals surface area (Å²) in [5.41, 5.74) is 1.13. The summed E-state index contributed by atoms with van der Waals surface area (Å²) in [6.07, 6.45) is 6.23. The third-order valence-electron chi connectivity index (χ3n) is 4.20. The van der Waals surface area contributed by atoms with Crippen LogP contribution < -0.4 is 0 Å². The van der Waals surface area contributed by atoms with E-state index in [-0.39, 0.29) is 18.7 Å². The lowest BCUT2D eigenvalue weighted by molar-refractivity contribution is -0.225. The van der Waals surface area contributed by atoms with Crippen LogP contribution in [0.2, 0.25) is 0 Å². The Morgan fingerprint density at radius 1 is 0.909 bits per heavy atom. The summed E-state index contributed by atoms with van der Waals surface area (Å²) < 4.78 is 23.5. The summed E-state index contributed by atoms with van der Waals surface area (Å²) in [5.74, 6) is 0. The highest BCUT2D eigenvalue weighted by molar-refractivity contribution is 5.17. The first-order valence-electron chi connectivity index (χ1n) is 8.47. The van der Waals surface area contributed by atoms with Crippen LogP contribution in [-0.2, 0) is 18.9 Å². The first-order chi connectivity index (χ1) is 10.9. The second-order valence-electron chi connectivity index (χ2n) is 5.96. The van der Waals surface area contributed by atoms with Gasteiger partial charge in [-0.2, -0.15) is 0 Å². The minimum atomic E-state index is -0.116. The van der Waals surface area contributed by atoms with E-state index in [1.54, 1.807) is 0 Å². The molecular weight excluding hydrogens is 280 g/mol. The Morgan fingerprint density at radius 3 is 2.23 bits per heavy atom. The molecule has 0 bridgehead atoms. The summed E-state index contributed by atoms with van der Waals surface area (Å²) in [6.45, 7) is 2.10. The third kappa shape index (κ3) is 4.78. The molecule has 1 aromatic carbocycles. The minimum absolute atomic E-state index is 0.0872. The van der Waals surface area contributed by atoms with Gasteiger partial charge in [-0.3, -0.25) is 0 Å². The van der Waals surface area contributed by atoms with Crippen LogP contribution in [0.4, 0.5) is 0 Å². The van der Waals surface area contributed by atoms with Gasteiger partial charge in [-0.1, -0.05) is 30.3 Å². The molecule has 0 radical (unpaired) electrons. The predicted octanol–water partition coefficient (Wildman–Crippen LogP) is 3.81. The molecule has 0 N–H and O–H groups in total. The van der Waals surface area contributed by atoms with Gasteiger partial charge >= 0.3 is 0 Å². The number of hydrogen-bond donors (Lipinski definition) is 0. The molecule has 2 heterocycles. The van der Waals surface area contributed by atoms with Crippen molar-refractivity contribution in [2.75, 3.05) is 19.8 Å². The summed E-state index contributed by atoms with van der Waals surface area (Å²) >= 11 is 0. The first kappa shape index (κ1) is 15.9. The van der Waals surface area contributed by atoms with E-state index in [1.165, 1.54) is 12.8 Å². The molecule has 2 fully saturated rings. The zero-order valence-corrected chi connectivity index (χ0v) is 13.1. The van der Waals surface area contributed by atoms with E-state index in [1.807, 2.05) is 18.2 Å². The number of ether oxygens (including phenoxy) is 4. The highest BCUT2D eigenvalue weighted by Gasteiger charge is 2.23. The van der Waals surface area contributed by atoms with E-state index in [9.17, 15) is 0 Å². The molecule has 0 amide bonds. The van der Waals surface area contributed by atoms with Gasteiger partial charge in [-0.25, -0.2) is 0 Å². The lowest BCUT2D eigenvalue weighted by Gasteiger charge is -2.30. The van der Waals surface area contributed by atoms with Crippen molar-refractivity contribution in [3.63, 3.8) is 0 Å². The minimum Gasteiger partial charge on any atom is -0.353 e. The van der Waals surface area contributed by atoms with Crippen LogP contribution in [0.25, 0.3) is 0 Å². The Bertz CT molecular complexity index is 410. The molecular formula is C18H26O4. The van der Waals surface area contributed by atoms with Crippen molar-refractivity contribution in [2.45, 2.75) is 57.2 Å². The second kappa shape index (κ2) is 8.63. The predicted molar refractivity (Wildman–Crippen MR) is 83.4 cm³/mol. The van der Waals surface area contributed by atoms with Crippen LogP contribution in [0.1, 0.15) is 50.2 Å². The van der Waals surface area contributed by atoms with Crippen molar-refractivity contribution in [3.05, 3.63) is 35.9 Å². The normalized spacial score (nSPS) is 27.5. The van der Waals surface area contributed by atoms with Crippen molar-refractivity contribution >= 4 is 0 Å². The Morgan fingerprint density at radius 2 is 1.59 bits per heavy atom. The second-order valence-corrected chi connectivity index (χ2v) is 5.96. The van der Waals surface area contributed by atoms with Gasteiger partial charge in [-0.15, -0.1) is 0 Å². The Kier molecular flexibility index (Phi) is 6.25. The van der Waals surface area contributed by atoms with Crippen LogP contribution in [0, 0.1) is 0 Å². The first-order valence-corrected chi connectivity index (χ1v) is 8.47. The number of rotatable bonds is 6. The topological polar surface area (TPSA) is 36.9 Å². The number of benzene rings is 1. The van der Waals surface area contributed by atoms with Crippen LogP contribution in [0.15, 0.2) is 30.3 Å². The van der Waals surface area contributed by atoms with E-state index in [0.717, 1.165) is 44.5 Å². The zero-order valence-electron chi connectivity index (χ0n) is 13.1. The van der Waals surface area contributed by atoms with E-state index in [4.69, 9.17) is 18.9 Å². The molecule has 0 aliphatic carbocycles. The van der Waals surface area contributed by atoms with E-state index >= 15 is 0 Å². The van der Waals surface area contributed by atoms with E-state index < -0.39 is 0 Å². The van der Waals surface area contributed by atoms with Crippen LogP contribution in [0.5, 0.6) is 0 Å². The summed E-state index contributed by atoms with van der Waals surface area (Å²) in [4.78, 5) is 0. The maximum Gasteiger partial charge on any atom is 0.158 e. The molecule has 3 unspecified atom stereocenters. The SMILES string of the molecule is c1ccc(C(COC2CCCCO2)OC2CCCCO2)cc1. The van der Waals surface area contributed by atoms with Crippen molar-refractivity contribution in [1.29, 1.82) is 0 Å². The van der Waals surface area contributed by atoms with Gasteiger partial charge < -0.3 is 18.9 Å². The molecule has 4 nitrogen and oxygen atoms in total. The molecule has 0 spiro atoms. The summed E-state index contributed by atoms with van der Waals surface area (Å²) in [7, 11) is 0. The number of hydrogen-bond acceptors (Lipinski definition) is 4. The van der Waals surface area contributed by atoms with Gasteiger partial charge in [0.2, 0.25) is 0 Å². The molecule has 2 saturated heterocycles. The molecule has 2 aliphatic rings. The molecule has 0 saturated carbocycles. The molecule has 22 heavy (non-hydrogen) atoms. The molecule has 0 aromatic heterocycles. The molecule has 1 aromatic rings. The van der Waals surface area contributed by atoms with Crippen LogP contribution in [-0.4, -0.2) is 32.4 Å². The van der Waals surface area contributed by atoms with Crippen molar-refractivity contribution in [3.8, 4) is 0 Å². The quantitative estimate of drug-likeness (QED) is 0.801. The Balaban J connectivity index is 1.57. The third-order valence-corrected chi connectivity index (χ3v) is 4.20. The van der Waals surface area contributed by atoms with E-state index in [0.29, 0.717) is 6.61 Å². The van der Waals surface area contributed by atoms with Crippen LogP contribution in [0.3, 0.4) is 0 Å². The Hall–Kier alpha value is -0.940. The highest BCUT2D eigenvalue weighted by atomic mass is 16.7. The molecule has 4 heteroatoms. The van der Waals surface area contributed by atoms with Crippen molar-refractivity contribution in [1.82, 2.24) is 0 Å². The summed E-state index contributed by atoms with van der Waals surface area (Å²) in [5, 5.41) is 0. The largest absolute Gasteiger partial charge is 0.353 e. The van der Waals surface area contributed by atoms with Crippen molar-refractivity contribution < 1.29 is 18.9 Å².